The highest BCUT2D eigenvalue weighted by Crippen LogP contribution is 2.16. The number of hydrogen-bond donors (Lipinski definition) is 1. The van der Waals surface area contributed by atoms with E-state index in [4.69, 9.17) is 9.47 Å². The van der Waals surface area contributed by atoms with Crippen LogP contribution in [0.5, 0.6) is 11.5 Å². The molecule has 1 N–H and O–H groups in total. The highest BCUT2D eigenvalue weighted by atomic mass is 16.5. The number of methoxy groups -OCH3 is 1. The van der Waals surface area contributed by atoms with Gasteiger partial charge in [-0.2, -0.15) is 0 Å². The molecule has 0 radical (unpaired) electrons. The van der Waals surface area contributed by atoms with Gasteiger partial charge in [-0.25, -0.2) is 0 Å². The van der Waals surface area contributed by atoms with Crippen LogP contribution in [0, 0.1) is 0 Å². The lowest BCUT2D eigenvalue weighted by atomic mass is 10.1. The monoisotopic (exact) mass is 327 g/mol. The second-order valence-corrected chi connectivity index (χ2v) is 5.58. The van der Waals surface area contributed by atoms with E-state index in [1.165, 1.54) is 5.56 Å². The highest BCUT2D eigenvalue weighted by Gasteiger charge is 2.18. The van der Waals surface area contributed by atoms with Gasteiger partial charge in [0.05, 0.1) is 7.11 Å². The highest BCUT2D eigenvalue weighted by molar-refractivity contribution is 5.81. The zero-order valence-electron chi connectivity index (χ0n) is 14.5. The first-order valence-electron chi connectivity index (χ1n) is 8.32. The standard InChI is InChI=1S/C20H25NO3/c1-4-15-6-12-18(13-7-15)24-19(5-2)20(22)21-14-16-8-10-17(23-3)11-9-16/h6-13,19H,4-5,14H2,1-3H3,(H,21,22). The van der Waals surface area contributed by atoms with Crippen LogP contribution in [-0.4, -0.2) is 19.1 Å². The molecule has 4 nitrogen and oxygen atoms in total. The average molecular weight is 327 g/mol. The molecule has 2 aromatic rings. The Balaban J connectivity index is 1.89. The summed E-state index contributed by atoms with van der Waals surface area (Å²) in [6.45, 7) is 4.52. The maximum atomic E-state index is 12.3. The van der Waals surface area contributed by atoms with Crippen LogP contribution in [0.4, 0.5) is 0 Å². The molecule has 0 saturated heterocycles. The summed E-state index contributed by atoms with van der Waals surface area (Å²) in [5, 5.41) is 2.93. The third-order valence-corrected chi connectivity index (χ3v) is 3.90. The quantitative estimate of drug-likeness (QED) is 0.803. The Morgan fingerprint density at radius 1 is 0.958 bits per heavy atom. The van der Waals surface area contributed by atoms with Crippen LogP contribution in [0.25, 0.3) is 0 Å². The first-order valence-corrected chi connectivity index (χ1v) is 8.32. The lowest BCUT2D eigenvalue weighted by Crippen LogP contribution is -2.37. The van der Waals surface area contributed by atoms with Gasteiger partial charge in [0.15, 0.2) is 6.10 Å². The van der Waals surface area contributed by atoms with Crippen LogP contribution in [0.15, 0.2) is 48.5 Å². The molecule has 0 heterocycles. The van der Waals surface area contributed by atoms with E-state index in [0.29, 0.717) is 13.0 Å². The topological polar surface area (TPSA) is 47.6 Å². The van der Waals surface area contributed by atoms with E-state index >= 15 is 0 Å². The molecule has 0 spiro atoms. The number of nitrogens with one attached hydrogen (secondary N) is 1. The molecule has 0 aromatic heterocycles. The van der Waals surface area contributed by atoms with Gasteiger partial charge in [0.2, 0.25) is 0 Å². The molecule has 0 bridgehead atoms. The van der Waals surface area contributed by atoms with Crippen molar-refractivity contribution in [2.45, 2.75) is 39.3 Å². The molecular formula is C20H25NO3. The third kappa shape index (κ3) is 5.01. The van der Waals surface area contributed by atoms with E-state index in [2.05, 4.69) is 12.2 Å². The molecule has 0 fully saturated rings. The Kier molecular flexibility index (Phi) is 6.67. The number of ether oxygens (including phenoxy) is 2. The van der Waals surface area contributed by atoms with Crippen LogP contribution in [0.1, 0.15) is 31.4 Å². The second-order valence-electron chi connectivity index (χ2n) is 5.58. The van der Waals surface area contributed by atoms with Gasteiger partial charge < -0.3 is 14.8 Å². The summed E-state index contributed by atoms with van der Waals surface area (Å²) in [5.74, 6) is 1.42. The number of amides is 1. The Morgan fingerprint density at radius 3 is 2.08 bits per heavy atom. The predicted molar refractivity (Wildman–Crippen MR) is 95.4 cm³/mol. The summed E-state index contributed by atoms with van der Waals surface area (Å²) in [5.41, 5.74) is 2.27. The zero-order chi connectivity index (χ0) is 17.4. The number of hydrogen-bond acceptors (Lipinski definition) is 3. The van der Waals surface area contributed by atoms with Crippen molar-refractivity contribution in [2.24, 2.45) is 0 Å². The fraction of sp³-hybridized carbons (Fsp3) is 0.350. The van der Waals surface area contributed by atoms with Gasteiger partial charge in [-0.05, 0) is 48.2 Å². The van der Waals surface area contributed by atoms with Gasteiger partial charge in [-0.15, -0.1) is 0 Å². The van der Waals surface area contributed by atoms with E-state index in [1.54, 1.807) is 7.11 Å². The summed E-state index contributed by atoms with van der Waals surface area (Å²) in [6.07, 6.45) is 1.11. The molecule has 1 amide bonds. The Bertz CT molecular complexity index is 635. The van der Waals surface area contributed by atoms with Crippen molar-refractivity contribution in [2.75, 3.05) is 7.11 Å². The van der Waals surface area contributed by atoms with Crippen LogP contribution >= 0.6 is 0 Å². The number of benzene rings is 2. The first kappa shape index (κ1) is 17.9. The van der Waals surface area contributed by atoms with E-state index in [-0.39, 0.29) is 5.91 Å². The number of carbonyl (C=O) groups is 1. The molecule has 1 atom stereocenters. The predicted octanol–water partition coefficient (Wildman–Crippen LogP) is 3.73. The fourth-order valence-electron chi connectivity index (χ4n) is 2.34. The van der Waals surface area contributed by atoms with Crippen molar-refractivity contribution in [1.82, 2.24) is 5.32 Å². The Hall–Kier alpha value is -2.49. The molecule has 2 rings (SSSR count). The van der Waals surface area contributed by atoms with Crippen molar-refractivity contribution < 1.29 is 14.3 Å². The molecule has 24 heavy (non-hydrogen) atoms. The summed E-state index contributed by atoms with van der Waals surface area (Å²) in [4.78, 5) is 12.3. The van der Waals surface area contributed by atoms with E-state index in [0.717, 1.165) is 23.5 Å². The van der Waals surface area contributed by atoms with Crippen LogP contribution < -0.4 is 14.8 Å². The van der Waals surface area contributed by atoms with Crippen molar-refractivity contribution in [3.63, 3.8) is 0 Å². The van der Waals surface area contributed by atoms with E-state index in [1.807, 2.05) is 55.5 Å². The van der Waals surface area contributed by atoms with Crippen molar-refractivity contribution in [1.29, 1.82) is 0 Å². The number of rotatable bonds is 8. The Morgan fingerprint density at radius 2 is 1.54 bits per heavy atom. The SMILES string of the molecule is CCc1ccc(OC(CC)C(=O)NCc2ccc(OC)cc2)cc1. The van der Waals surface area contributed by atoms with Gasteiger partial charge in [0.1, 0.15) is 11.5 Å². The molecule has 0 aliphatic carbocycles. The minimum Gasteiger partial charge on any atom is -0.497 e. The minimum atomic E-state index is -0.490. The van der Waals surface area contributed by atoms with Gasteiger partial charge in [0.25, 0.3) is 5.91 Å². The first-order chi connectivity index (χ1) is 11.7. The molecular weight excluding hydrogens is 302 g/mol. The largest absolute Gasteiger partial charge is 0.497 e. The summed E-state index contributed by atoms with van der Waals surface area (Å²) >= 11 is 0. The molecule has 1 unspecified atom stereocenters. The lowest BCUT2D eigenvalue weighted by molar-refractivity contribution is -0.128. The lowest BCUT2D eigenvalue weighted by Gasteiger charge is -2.17. The molecule has 0 saturated carbocycles. The number of carbonyl (C=O) groups excluding carboxylic acids is 1. The van der Waals surface area contributed by atoms with Crippen molar-refractivity contribution in [3.05, 3.63) is 59.7 Å². The normalized spacial score (nSPS) is 11.6. The van der Waals surface area contributed by atoms with Gasteiger partial charge in [0, 0.05) is 6.54 Å². The van der Waals surface area contributed by atoms with Crippen molar-refractivity contribution >= 4 is 5.91 Å². The van der Waals surface area contributed by atoms with Crippen molar-refractivity contribution in [3.8, 4) is 11.5 Å². The third-order valence-electron chi connectivity index (χ3n) is 3.90. The minimum absolute atomic E-state index is 0.104. The number of aryl methyl sites for hydroxylation is 1. The smallest absolute Gasteiger partial charge is 0.261 e. The fourth-order valence-corrected chi connectivity index (χ4v) is 2.34. The maximum absolute atomic E-state index is 12.3. The summed E-state index contributed by atoms with van der Waals surface area (Å²) in [7, 11) is 1.63. The van der Waals surface area contributed by atoms with Gasteiger partial charge >= 0.3 is 0 Å². The molecule has 2 aromatic carbocycles. The molecule has 4 heteroatoms. The maximum Gasteiger partial charge on any atom is 0.261 e. The van der Waals surface area contributed by atoms with Crippen LogP contribution in [0.2, 0.25) is 0 Å². The van der Waals surface area contributed by atoms with Crippen LogP contribution in [-0.2, 0) is 17.8 Å². The molecule has 128 valence electrons. The Labute approximate surface area is 143 Å². The van der Waals surface area contributed by atoms with E-state index in [9.17, 15) is 4.79 Å². The summed E-state index contributed by atoms with van der Waals surface area (Å²) in [6, 6.07) is 15.5. The second kappa shape index (κ2) is 8.96. The van der Waals surface area contributed by atoms with Crippen LogP contribution in [0.3, 0.4) is 0 Å². The average Bonchev–Trinajstić information content (AvgIpc) is 2.65. The summed E-state index contributed by atoms with van der Waals surface area (Å²) < 4.78 is 10.9. The van der Waals surface area contributed by atoms with Gasteiger partial charge in [-0.3, -0.25) is 4.79 Å². The van der Waals surface area contributed by atoms with Gasteiger partial charge in [-0.1, -0.05) is 38.1 Å². The zero-order valence-corrected chi connectivity index (χ0v) is 14.5. The molecule has 0 aliphatic rings. The van der Waals surface area contributed by atoms with E-state index < -0.39 is 6.10 Å². The molecule has 0 aliphatic heterocycles.